The summed E-state index contributed by atoms with van der Waals surface area (Å²) in [5.41, 5.74) is 3.44. The number of pyridine rings is 1. The van der Waals surface area contributed by atoms with Gasteiger partial charge in [0.05, 0.1) is 23.3 Å². The Balaban J connectivity index is 1.50. The van der Waals surface area contributed by atoms with Gasteiger partial charge in [0, 0.05) is 11.3 Å². The van der Waals surface area contributed by atoms with Gasteiger partial charge in [-0.25, -0.2) is 9.67 Å². The van der Waals surface area contributed by atoms with Gasteiger partial charge in [-0.2, -0.15) is 5.10 Å². The zero-order chi connectivity index (χ0) is 19.0. The van der Waals surface area contributed by atoms with Crippen molar-refractivity contribution in [2.24, 2.45) is 0 Å². The summed E-state index contributed by atoms with van der Waals surface area (Å²) in [5, 5.41) is 9.88. The lowest BCUT2D eigenvalue weighted by Gasteiger charge is -2.18. The van der Waals surface area contributed by atoms with Crippen LogP contribution in [0.5, 0.6) is 5.75 Å². The number of anilines is 2. The number of amides is 2. The average molecular weight is 363 g/mol. The van der Waals surface area contributed by atoms with Crippen molar-refractivity contribution in [1.82, 2.24) is 14.8 Å². The van der Waals surface area contributed by atoms with Crippen molar-refractivity contribution in [3.05, 3.63) is 59.5 Å². The van der Waals surface area contributed by atoms with E-state index in [2.05, 4.69) is 20.7 Å². The second kappa shape index (κ2) is 6.56. The van der Waals surface area contributed by atoms with Gasteiger partial charge in [0.1, 0.15) is 5.75 Å². The minimum absolute atomic E-state index is 0.0597. The first-order valence-corrected chi connectivity index (χ1v) is 8.37. The minimum Gasteiger partial charge on any atom is -0.482 e. The van der Waals surface area contributed by atoms with Gasteiger partial charge in [0.15, 0.2) is 12.4 Å². The van der Waals surface area contributed by atoms with E-state index in [0.29, 0.717) is 28.5 Å². The highest BCUT2D eigenvalue weighted by atomic mass is 16.5. The van der Waals surface area contributed by atoms with Gasteiger partial charge < -0.3 is 15.4 Å². The molecule has 0 saturated carbocycles. The number of nitrogens with zero attached hydrogens (tertiary/aromatic N) is 3. The summed E-state index contributed by atoms with van der Waals surface area (Å²) in [6.07, 6.45) is 1.58. The molecule has 0 atom stereocenters. The Kier molecular flexibility index (Phi) is 4.08. The minimum atomic E-state index is -0.293. The fraction of sp³-hybridized carbons (Fsp3) is 0.158. The maximum absolute atomic E-state index is 12.5. The third kappa shape index (κ3) is 3.37. The molecule has 0 unspecified atom stereocenters. The Morgan fingerprint density at radius 1 is 1.22 bits per heavy atom. The monoisotopic (exact) mass is 363 g/mol. The normalized spacial score (nSPS) is 12.7. The lowest BCUT2D eigenvalue weighted by atomic mass is 10.1. The molecule has 0 saturated heterocycles. The van der Waals surface area contributed by atoms with Crippen LogP contribution < -0.4 is 15.4 Å². The SMILES string of the molecule is Cc1cc(C)n(-c2ccc(NC(=O)c3ccc4c(c3)OCC(=O)N4)cn2)n1. The first kappa shape index (κ1) is 16.8. The molecule has 1 aliphatic rings. The van der Waals surface area contributed by atoms with Crippen molar-refractivity contribution in [3.8, 4) is 11.6 Å². The van der Waals surface area contributed by atoms with E-state index in [-0.39, 0.29) is 18.4 Å². The first-order chi connectivity index (χ1) is 13.0. The number of aryl methyl sites for hydroxylation is 2. The second-order valence-corrected chi connectivity index (χ2v) is 6.25. The Hall–Kier alpha value is -3.68. The van der Waals surface area contributed by atoms with E-state index in [1.807, 2.05) is 19.9 Å². The van der Waals surface area contributed by atoms with Crippen LogP contribution in [0.15, 0.2) is 42.6 Å². The highest BCUT2D eigenvalue weighted by molar-refractivity contribution is 6.05. The zero-order valence-electron chi connectivity index (χ0n) is 14.8. The van der Waals surface area contributed by atoms with Gasteiger partial charge >= 0.3 is 0 Å². The fourth-order valence-corrected chi connectivity index (χ4v) is 2.87. The average Bonchev–Trinajstić information content (AvgIpc) is 3.00. The second-order valence-electron chi connectivity index (χ2n) is 6.25. The van der Waals surface area contributed by atoms with Crippen molar-refractivity contribution in [2.75, 3.05) is 17.2 Å². The van der Waals surface area contributed by atoms with Crippen molar-refractivity contribution in [2.45, 2.75) is 13.8 Å². The molecule has 3 heterocycles. The highest BCUT2D eigenvalue weighted by Crippen LogP contribution is 2.28. The highest BCUT2D eigenvalue weighted by Gasteiger charge is 2.18. The summed E-state index contributed by atoms with van der Waals surface area (Å²) in [6.45, 7) is 3.82. The molecule has 0 fully saturated rings. The van der Waals surface area contributed by atoms with Crippen molar-refractivity contribution in [3.63, 3.8) is 0 Å². The van der Waals surface area contributed by atoms with E-state index < -0.39 is 0 Å². The van der Waals surface area contributed by atoms with Gasteiger partial charge in [-0.05, 0) is 50.2 Å². The van der Waals surface area contributed by atoms with Crippen LogP contribution in [0.2, 0.25) is 0 Å². The number of hydrogen-bond donors (Lipinski definition) is 2. The Bertz CT molecular complexity index is 1040. The number of ether oxygens (including phenoxy) is 1. The number of fused-ring (bicyclic) bond motifs is 1. The van der Waals surface area contributed by atoms with Gasteiger partial charge in [0.25, 0.3) is 11.8 Å². The Morgan fingerprint density at radius 3 is 2.78 bits per heavy atom. The molecule has 1 aliphatic heterocycles. The Morgan fingerprint density at radius 2 is 2.07 bits per heavy atom. The molecule has 1 aromatic carbocycles. The molecule has 3 aromatic rings. The number of benzene rings is 1. The first-order valence-electron chi connectivity index (χ1n) is 8.37. The molecule has 0 bridgehead atoms. The maximum Gasteiger partial charge on any atom is 0.262 e. The van der Waals surface area contributed by atoms with Crippen LogP contribution in [-0.4, -0.2) is 33.2 Å². The molecule has 27 heavy (non-hydrogen) atoms. The smallest absolute Gasteiger partial charge is 0.262 e. The zero-order valence-corrected chi connectivity index (χ0v) is 14.8. The van der Waals surface area contributed by atoms with E-state index in [0.717, 1.165) is 11.4 Å². The summed E-state index contributed by atoms with van der Waals surface area (Å²) in [7, 11) is 0. The van der Waals surface area contributed by atoms with Gasteiger partial charge in [-0.1, -0.05) is 0 Å². The summed E-state index contributed by atoms with van der Waals surface area (Å²) >= 11 is 0. The molecule has 2 N–H and O–H groups in total. The molecule has 8 heteroatoms. The van der Waals surface area contributed by atoms with Crippen molar-refractivity contribution in [1.29, 1.82) is 0 Å². The number of hydrogen-bond acceptors (Lipinski definition) is 5. The molecule has 0 radical (unpaired) electrons. The number of carbonyl (C=O) groups excluding carboxylic acids is 2. The van der Waals surface area contributed by atoms with E-state index in [1.165, 1.54) is 0 Å². The van der Waals surface area contributed by atoms with E-state index in [4.69, 9.17) is 4.74 Å². The number of aromatic nitrogens is 3. The molecular formula is C19H17N5O3. The third-order valence-electron chi connectivity index (χ3n) is 4.11. The molecule has 136 valence electrons. The van der Waals surface area contributed by atoms with Gasteiger partial charge in [-0.3, -0.25) is 9.59 Å². The molecular weight excluding hydrogens is 346 g/mol. The topological polar surface area (TPSA) is 98.1 Å². The van der Waals surface area contributed by atoms with E-state index in [9.17, 15) is 9.59 Å². The lowest BCUT2D eigenvalue weighted by molar-refractivity contribution is -0.118. The third-order valence-corrected chi connectivity index (χ3v) is 4.11. The number of nitrogens with one attached hydrogen (secondary N) is 2. The predicted molar refractivity (Wildman–Crippen MR) is 99.4 cm³/mol. The van der Waals surface area contributed by atoms with Crippen LogP contribution >= 0.6 is 0 Å². The number of rotatable bonds is 3. The molecule has 0 spiro atoms. The van der Waals surface area contributed by atoms with Gasteiger partial charge in [0.2, 0.25) is 0 Å². The quantitative estimate of drug-likeness (QED) is 0.745. The maximum atomic E-state index is 12.5. The fourth-order valence-electron chi connectivity index (χ4n) is 2.87. The summed E-state index contributed by atoms with van der Waals surface area (Å²) in [4.78, 5) is 28.1. The van der Waals surface area contributed by atoms with Crippen LogP contribution in [0.1, 0.15) is 21.7 Å². The van der Waals surface area contributed by atoms with Crippen LogP contribution in [0.25, 0.3) is 5.82 Å². The summed E-state index contributed by atoms with van der Waals surface area (Å²) in [6, 6.07) is 10.4. The Labute approximate surface area is 155 Å². The van der Waals surface area contributed by atoms with Crippen LogP contribution in [0, 0.1) is 13.8 Å². The predicted octanol–water partition coefficient (Wildman–Crippen LogP) is 2.47. The van der Waals surface area contributed by atoms with Crippen molar-refractivity contribution >= 4 is 23.2 Å². The number of carbonyl (C=O) groups is 2. The summed E-state index contributed by atoms with van der Waals surface area (Å²) in [5.74, 6) is 0.643. The largest absolute Gasteiger partial charge is 0.482 e. The van der Waals surface area contributed by atoms with Crippen molar-refractivity contribution < 1.29 is 14.3 Å². The summed E-state index contributed by atoms with van der Waals surface area (Å²) < 4.78 is 7.09. The van der Waals surface area contributed by atoms with E-state index >= 15 is 0 Å². The van der Waals surface area contributed by atoms with Crippen LogP contribution in [0.3, 0.4) is 0 Å². The molecule has 4 rings (SSSR count). The molecule has 2 aromatic heterocycles. The lowest BCUT2D eigenvalue weighted by Crippen LogP contribution is -2.25. The molecule has 0 aliphatic carbocycles. The standard InChI is InChI=1S/C19H17N5O3/c1-11-7-12(2)24(23-11)17-6-4-14(9-20-17)21-19(26)13-3-5-15-16(8-13)27-10-18(25)22-15/h3-9H,10H2,1-2H3,(H,21,26)(H,22,25). The van der Waals surface area contributed by atoms with E-state index in [1.54, 1.807) is 41.2 Å². The van der Waals surface area contributed by atoms with Gasteiger partial charge in [-0.15, -0.1) is 0 Å². The van der Waals surface area contributed by atoms with Crippen LogP contribution in [0.4, 0.5) is 11.4 Å². The molecule has 2 amide bonds. The van der Waals surface area contributed by atoms with Crippen LogP contribution in [-0.2, 0) is 4.79 Å². The molecule has 8 nitrogen and oxygen atoms in total.